The quantitative estimate of drug-likeness (QED) is 0.827. The van der Waals surface area contributed by atoms with Crippen molar-refractivity contribution >= 4 is 5.91 Å². The van der Waals surface area contributed by atoms with Crippen molar-refractivity contribution in [2.24, 2.45) is 0 Å². The molecular formula is C16H26N2O. The van der Waals surface area contributed by atoms with Gasteiger partial charge >= 0.3 is 0 Å². The van der Waals surface area contributed by atoms with Crippen LogP contribution in [0.1, 0.15) is 49.9 Å². The first-order chi connectivity index (χ1) is 8.90. The first kappa shape index (κ1) is 15.7. The van der Waals surface area contributed by atoms with Gasteiger partial charge in [-0.15, -0.1) is 0 Å². The van der Waals surface area contributed by atoms with Gasteiger partial charge < -0.3 is 10.6 Å². The Bertz CT molecular complexity index is 427. The van der Waals surface area contributed by atoms with Crippen LogP contribution in [0.15, 0.2) is 18.2 Å². The maximum atomic E-state index is 11.5. The van der Waals surface area contributed by atoms with E-state index in [0.717, 1.165) is 0 Å². The van der Waals surface area contributed by atoms with Crippen LogP contribution >= 0.6 is 0 Å². The van der Waals surface area contributed by atoms with Gasteiger partial charge in [0, 0.05) is 25.0 Å². The van der Waals surface area contributed by atoms with Crippen LogP contribution in [0.4, 0.5) is 0 Å². The van der Waals surface area contributed by atoms with Crippen molar-refractivity contribution in [3.63, 3.8) is 0 Å². The fraction of sp³-hybridized carbons (Fsp3) is 0.562. The van der Waals surface area contributed by atoms with Gasteiger partial charge in [0.1, 0.15) is 0 Å². The highest BCUT2D eigenvalue weighted by Crippen LogP contribution is 2.18. The third-order valence-electron chi connectivity index (χ3n) is 3.14. The molecule has 1 aromatic rings. The Morgan fingerprint density at radius 2 is 1.89 bits per heavy atom. The van der Waals surface area contributed by atoms with E-state index < -0.39 is 0 Å². The van der Waals surface area contributed by atoms with Gasteiger partial charge in [-0.1, -0.05) is 23.8 Å². The molecule has 1 atom stereocenters. The van der Waals surface area contributed by atoms with Crippen LogP contribution in [0.3, 0.4) is 0 Å². The molecule has 3 heteroatoms. The Balaban J connectivity index is 2.43. The average Bonchev–Trinajstić information content (AvgIpc) is 2.27. The Hall–Kier alpha value is -1.35. The number of hydrogen-bond acceptors (Lipinski definition) is 2. The number of amides is 1. The maximum absolute atomic E-state index is 11.5. The number of hydrogen-bond donors (Lipinski definition) is 2. The number of aryl methyl sites for hydroxylation is 2. The van der Waals surface area contributed by atoms with Crippen molar-refractivity contribution in [3.8, 4) is 0 Å². The topological polar surface area (TPSA) is 41.1 Å². The summed E-state index contributed by atoms with van der Waals surface area (Å²) in [6.45, 7) is 11.0. The highest BCUT2D eigenvalue weighted by Gasteiger charge is 2.09. The summed E-state index contributed by atoms with van der Waals surface area (Å²) in [4.78, 5) is 11.5. The predicted octanol–water partition coefficient (Wildman–Crippen LogP) is 2.87. The zero-order valence-electron chi connectivity index (χ0n) is 12.7. The van der Waals surface area contributed by atoms with Crippen molar-refractivity contribution < 1.29 is 4.79 Å². The second kappa shape index (κ2) is 7.29. The lowest BCUT2D eigenvalue weighted by Gasteiger charge is -2.17. The molecule has 0 radical (unpaired) electrons. The SMILES string of the molecule is Cc1ccc(C(C)NCCC(=O)NC(C)C)c(C)c1. The summed E-state index contributed by atoms with van der Waals surface area (Å²) in [5.41, 5.74) is 3.88. The molecule has 1 unspecified atom stereocenters. The van der Waals surface area contributed by atoms with Gasteiger partial charge in [-0.3, -0.25) is 4.79 Å². The molecule has 0 heterocycles. The van der Waals surface area contributed by atoms with Gasteiger partial charge in [0.2, 0.25) is 5.91 Å². The molecule has 19 heavy (non-hydrogen) atoms. The Morgan fingerprint density at radius 3 is 2.47 bits per heavy atom. The summed E-state index contributed by atoms with van der Waals surface area (Å²) < 4.78 is 0. The van der Waals surface area contributed by atoms with Gasteiger partial charge in [-0.2, -0.15) is 0 Å². The molecule has 0 saturated heterocycles. The summed E-state index contributed by atoms with van der Waals surface area (Å²) in [5.74, 6) is 0.107. The predicted molar refractivity (Wildman–Crippen MR) is 80.2 cm³/mol. The minimum Gasteiger partial charge on any atom is -0.354 e. The minimum absolute atomic E-state index is 0.107. The Morgan fingerprint density at radius 1 is 1.21 bits per heavy atom. The molecule has 0 aliphatic carbocycles. The Labute approximate surface area is 116 Å². The third-order valence-corrected chi connectivity index (χ3v) is 3.14. The molecule has 3 nitrogen and oxygen atoms in total. The lowest BCUT2D eigenvalue weighted by molar-refractivity contribution is -0.121. The van der Waals surface area contributed by atoms with Crippen molar-refractivity contribution in [2.45, 2.75) is 53.1 Å². The van der Waals surface area contributed by atoms with E-state index in [0.29, 0.717) is 13.0 Å². The van der Waals surface area contributed by atoms with Crippen LogP contribution in [0.25, 0.3) is 0 Å². The van der Waals surface area contributed by atoms with Crippen LogP contribution in [0.5, 0.6) is 0 Å². The van der Waals surface area contributed by atoms with Crippen LogP contribution in [0, 0.1) is 13.8 Å². The highest BCUT2D eigenvalue weighted by molar-refractivity contribution is 5.76. The van der Waals surface area contributed by atoms with Crippen LogP contribution < -0.4 is 10.6 Å². The van der Waals surface area contributed by atoms with Gasteiger partial charge in [-0.05, 0) is 45.7 Å². The normalized spacial score (nSPS) is 12.5. The largest absolute Gasteiger partial charge is 0.354 e. The van der Waals surface area contributed by atoms with E-state index in [1.165, 1.54) is 16.7 Å². The van der Waals surface area contributed by atoms with Crippen molar-refractivity contribution in [1.29, 1.82) is 0 Å². The second-order valence-corrected chi connectivity index (χ2v) is 5.51. The molecule has 1 aromatic carbocycles. The van der Waals surface area contributed by atoms with E-state index in [4.69, 9.17) is 0 Å². The Kier molecular flexibility index (Phi) is 6.03. The fourth-order valence-electron chi connectivity index (χ4n) is 2.22. The fourth-order valence-corrected chi connectivity index (χ4v) is 2.22. The van der Waals surface area contributed by atoms with E-state index in [-0.39, 0.29) is 18.0 Å². The smallest absolute Gasteiger partial charge is 0.221 e. The molecule has 106 valence electrons. The summed E-state index contributed by atoms with van der Waals surface area (Å²) in [6, 6.07) is 6.97. The lowest BCUT2D eigenvalue weighted by Crippen LogP contribution is -2.33. The molecule has 0 saturated carbocycles. The molecule has 0 aromatic heterocycles. The lowest BCUT2D eigenvalue weighted by atomic mass is 10.0. The molecule has 0 spiro atoms. The number of carbonyl (C=O) groups excluding carboxylic acids is 1. The molecule has 2 N–H and O–H groups in total. The summed E-state index contributed by atoms with van der Waals surface area (Å²) in [6.07, 6.45) is 0.521. The highest BCUT2D eigenvalue weighted by atomic mass is 16.1. The van der Waals surface area contributed by atoms with Gasteiger partial charge in [0.15, 0.2) is 0 Å². The standard InChI is InChI=1S/C16H26N2O/c1-11(2)18-16(19)8-9-17-14(5)15-7-6-12(3)10-13(15)4/h6-7,10-11,14,17H,8-9H2,1-5H3,(H,18,19). The molecule has 1 rings (SSSR count). The monoisotopic (exact) mass is 262 g/mol. The van der Waals surface area contributed by atoms with E-state index in [1.807, 2.05) is 13.8 Å². The van der Waals surface area contributed by atoms with E-state index in [1.54, 1.807) is 0 Å². The molecule has 0 bridgehead atoms. The number of carbonyl (C=O) groups is 1. The van der Waals surface area contributed by atoms with Gasteiger partial charge in [0.25, 0.3) is 0 Å². The van der Waals surface area contributed by atoms with Gasteiger partial charge in [-0.25, -0.2) is 0 Å². The summed E-state index contributed by atoms with van der Waals surface area (Å²) >= 11 is 0. The number of benzene rings is 1. The first-order valence-electron chi connectivity index (χ1n) is 7.00. The van der Waals surface area contributed by atoms with Crippen LogP contribution in [-0.2, 0) is 4.79 Å². The maximum Gasteiger partial charge on any atom is 0.221 e. The van der Waals surface area contributed by atoms with Crippen LogP contribution in [0.2, 0.25) is 0 Å². The molecule has 0 aliphatic heterocycles. The zero-order chi connectivity index (χ0) is 14.4. The summed E-state index contributed by atoms with van der Waals surface area (Å²) in [5, 5.41) is 6.30. The van der Waals surface area contributed by atoms with E-state index in [9.17, 15) is 4.79 Å². The van der Waals surface area contributed by atoms with E-state index >= 15 is 0 Å². The minimum atomic E-state index is 0.107. The summed E-state index contributed by atoms with van der Waals surface area (Å²) in [7, 11) is 0. The van der Waals surface area contributed by atoms with Crippen molar-refractivity contribution in [2.75, 3.05) is 6.54 Å². The van der Waals surface area contributed by atoms with Gasteiger partial charge in [0.05, 0.1) is 0 Å². The average molecular weight is 262 g/mol. The molecular weight excluding hydrogens is 236 g/mol. The van der Waals surface area contributed by atoms with Crippen molar-refractivity contribution in [3.05, 3.63) is 34.9 Å². The molecule has 0 aliphatic rings. The van der Waals surface area contributed by atoms with Crippen LogP contribution in [-0.4, -0.2) is 18.5 Å². The van der Waals surface area contributed by atoms with E-state index in [2.05, 4.69) is 49.6 Å². The third kappa shape index (κ3) is 5.43. The second-order valence-electron chi connectivity index (χ2n) is 5.51. The number of nitrogens with one attached hydrogen (secondary N) is 2. The van der Waals surface area contributed by atoms with Crippen molar-refractivity contribution in [1.82, 2.24) is 10.6 Å². The molecule has 1 amide bonds. The zero-order valence-corrected chi connectivity index (χ0v) is 12.7. The molecule has 0 fully saturated rings. The number of rotatable bonds is 6. The first-order valence-corrected chi connectivity index (χ1v) is 7.00.